The second-order valence-electron chi connectivity index (χ2n) is 3.41. The Morgan fingerprint density at radius 3 is 2.20 bits per heavy atom. The highest BCUT2D eigenvalue weighted by molar-refractivity contribution is 5.20. The molecule has 0 fully saturated rings. The van der Waals surface area contributed by atoms with Gasteiger partial charge in [-0.3, -0.25) is 0 Å². The molecule has 0 spiro atoms. The molecule has 1 nitrogen and oxygen atoms in total. The Hall–Kier alpha value is -1.03. The van der Waals surface area contributed by atoms with Gasteiger partial charge in [0.25, 0.3) is 0 Å². The first-order valence-electron chi connectivity index (χ1n) is 4.93. The largest absolute Gasteiger partial charge is 0.320 e. The smallest absolute Gasteiger partial charge is 0.132 e. The Balaban J connectivity index is 2.60. The third-order valence-electron chi connectivity index (χ3n) is 2.21. The first kappa shape index (κ1) is 12.0. The molecular weight excluding hydrogens is 203 g/mol. The molecule has 0 saturated heterocycles. The highest BCUT2D eigenvalue weighted by atomic mass is 19.1. The van der Waals surface area contributed by atoms with Crippen LogP contribution in [-0.4, -0.2) is 13.6 Å². The van der Waals surface area contributed by atoms with Crippen LogP contribution in [0.3, 0.4) is 0 Å². The van der Waals surface area contributed by atoms with E-state index >= 15 is 0 Å². The maximum atomic E-state index is 13.1. The summed E-state index contributed by atoms with van der Waals surface area (Å²) in [5.41, 5.74) is -0.0208. The predicted molar refractivity (Wildman–Crippen MR) is 53.2 cm³/mol. The van der Waals surface area contributed by atoms with E-state index in [0.29, 0.717) is 12.8 Å². The second kappa shape index (κ2) is 5.75. The van der Waals surface area contributed by atoms with E-state index in [0.717, 1.165) is 25.1 Å². The number of halogens is 3. The molecule has 0 radical (unpaired) electrons. The molecule has 15 heavy (non-hydrogen) atoms. The fourth-order valence-electron chi connectivity index (χ4n) is 1.41. The third kappa shape index (κ3) is 3.55. The van der Waals surface area contributed by atoms with Crippen molar-refractivity contribution in [2.24, 2.45) is 0 Å². The zero-order chi connectivity index (χ0) is 11.3. The van der Waals surface area contributed by atoms with E-state index in [9.17, 15) is 13.2 Å². The van der Waals surface area contributed by atoms with Gasteiger partial charge in [-0.15, -0.1) is 0 Å². The lowest BCUT2D eigenvalue weighted by molar-refractivity contribution is 0.517. The summed E-state index contributed by atoms with van der Waals surface area (Å²) >= 11 is 0. The summed E-state index contributed by atoms with van der Waals surface area (Å²) in [6.45, 7) is 0.810. The molecule has 0 bridgehead atoms. The van der Waals surface area contributed by atoms with Gasteiger partial charge in [-0.25, -0.2) is 13.2 Å². The predicted octanol–water partition coefficient (Wildman–Crippen LogP) is 2.65. The molecule has 0 aliphatic carbocycles. The SMILES string of the molecule is CNCCCCc1c(F)cc(F)cc1F. The van der Waals surface area contributed by atoms with Crippen LogP contribution in [0.1, 0.15) is 18.4 Å². The fraction of sp³-hybridized carbons (Fsp3) is 0.455. The Kier molecular flexibility index (Phi) is 4.62. The number of unbranched alkanes of at least 4 members (excludes halogenated alkanes) is 1. The summed E-state index contributed by atoms with van der Waals surface area (Å²) in [7, 11) is 1.82. The van der Waals surface area contributed by atoms with Gasteiger partial charge in [-0.1, -0.05) is 0 Å². The summed E-state index contributed by atoms with van der Waals surface area (Å²) in [5, 5.41) is 2.94. The van der Waals surface area contributed by atoms with Crippen LogP contribution in [0.25, 0.3) is 0 Å². The van der Waals surface area contributed by atoms with Gasteiger partial charge >= 0.3 is 0 Å². The van der Waals surface area contributed by atoms with E-state index < -0.39 is 17.5 Å². The lowest BCUT2D eigenvalue weighted by Crippen LogP contribution is -2.08. The topological polar surface area (TPSA) is 12.0 Å². The van der Waals surface area contributed by atoms with Crippen molar-refractivity contribution in [2.75, 3.05) is 13.6 Å². The molecule has 0 amide bonds. The molecule has 0 aliphatic rings. The zero-order valence-electron chi connectivity index (χ0n) is 8.62. The molecule has 4 heteroatoms. The van der Waals surface area contributed by atoms with Crippen LogP contribution in [0.15, 0.2) is 12.1 Å². The minimum atomic E-state index is -0.871. The van der Waals surface area contributed by atoms with Crippen LogP contribution < -0.4 is 5.32 Å². The average molecular weight is 217 g/mol. The normalized spacial score (nSPS) is 10.7. The second-order valence-corrected chi connectivity index (χ2v) is 3.41. The summed E-state index contributed by atoms with van der Waals surface area (Å²) in [5.74, 6) is -2.46. The van der Waals surface area contributed by atoms with Crippen molar-refractivity contribution in [1.29, 1.82) is 0 Å². The third-order valence-corrected chi connectivity index (χ3v) is 2.21. The molecule has 1 N–H and O–H groups in total. The van der Waals surface area contributed by atoms with Crippen molar-refractivity contribution in [3.63, 3.8) is 0 Å². The average Bonchev–Trinajstić information content (AvgIpc) is 2.15. The molecule has 84 valence electrons. The van der Waals surface area contributed by atoms with E-state index in [2.05, 4.69) is 5.32 Å². The van der Waals surface area contributed by atoms with Crippen LogP contribution >= 0.6 is 0 Å². The standard InChI is InChI=1S/C11H14F3N/c1-15-5-3-2-4-9-10(13)6-8(12)7-11(9)14/h6-7,15H,2-5H2,1H3. The van der Waals surface area contributed by atoms with Gasteiger partial charge in [0.1, 0.15) is 17.5 Å². The Morgan fingerprint density at radius 1 is 1.07 bits per heavy atom. The molecule has 0 saturated carbocycles. The van der Waals surface area contributed by atoms with E-state index in [1.807, 2.05) is 7.05 Å². The number of hydrogen-bond acceptors (Lipinski definition) is 1. The maximum absolute atomic E-state index is 13.1. The summed E-state index contributed by atoms with van der Waals surface area (Å²) in [6, 6.07) is 1.44. The molecule has 0 heterocycles. The van der Waals surface area contributed by atoms with E-state index in [1.54, 1.807) is 0 Å². The van der Waals surface area contributed by atoms with Gasteiger partial charge in [0.2, 0.25) is 0 Å². The highest BCUT2D eigenvalue weighted by Gasteiger charge is 2.10. The van der Waals surface area contributed by atoms with Crippen LogP contribution in [0.4, 0.5) is 13.2 Å². The number of benzene rings is 1. The molecule has 1 aromatic rings. The van der Waals surface area contributed by atoms with Gasteiger partial charge in [-0.05, 0) is 32.9 Å². The summed E-state index contributed by atoms with van der Waals surface area (Å²) in [6.07, 6.45) is 1.83. The minimum Gasteiger partial charge on any atom is -0.320 e. The van der Waals surface area contributed by atoms with Gasteiger partial charge in [0, 0.05) is 17.7 Å². The van der Waals surface area contributed by atoms with Crippen molar-refractivity contribution < 1.29 is 13.2 Å². The lowest BCUT2D eigenvalue weighted by Gasteiger charge is -2.05. The van der Waals surface area contributed by atoms with Crippen LogP contribution in [0.5, 0.6) is 0 Å². The van der Waals surface area contributed by atoms with E-state index in [4.69, 9.17) is 0 Å². The molecule has 1 aromatic carbocycles. The number of rotatable bonds is 5. The first-order valence-corrected chi connectivity index (χ1v) is 4.93. The number of nitrogens with one attached hydrogen (secondary N) is 1. The number of hydrogen-bond donors (Lipinski definition) is 1. The molecule has 0 aliphatic heterocycles. The molecule has 0 atom stereocenters. The summed E-state index contributed by atoms with van der Waals surface area (Å²) in [4.78, 5) is 0. The van der Waals surface area contributed by atoms with Crippen LogP contribution in [0, 0.1) is 17.5 Å². The summed E-state index contributed by atoms with van der Waals surface area (Å²) < 4.78 is 38.8. The van der Waals surface area contributed by atoms with Crippen molar-refractivity contribution in [3.05, 3.63) is 35.1 Å². The van der Waals surface area contributed by atoms with Crippen molar-refractivity contribution in [3.8, 4) is 0 Å². The van der Waals surface area contributed by atoms with Gasteiger partial charge < -0.3 is 5.32 Å². The molecule has 0 unspecified atom stereocenters. The highest BCUT2D eigenvalue weighted by Crippen LogP contribution is 2.16. The van der Waals surface area contributed by atoms with Crippen molar-refractivity contribution in [2.45, 2.75) is 19.3 Å². The van der Waals surface area contributed by atoms with Gasteiger partial charge in [0.15, 0.2) is 0 Å². The van der Waals surface area contributed by atoms with Crippen LogP contribution in [0.2, 0.25) is 0 Å². The van der Waals surface area contributed by atoms with Gasteiger partial charge in [0.05, 0.1) is 0 Å². The molecule has 0 aromatic heterocycles. The Bertz CT molecular complexity index is 303. The van der Waals surface area contributed by atoms with E-state index in [1.165, 1.54) is 0 Å². The maximum Gasteiger partial charge on any atom is 0.132 e. The first-order chi connectivity index (χ1) is 7.15. The molecule has 1 rings (SSSR count). The zero-order valence-corrected chi connectivity index (χ0v) is 8.62. The molecular formula is C11H14F3N. The van der Waals surface area contributed by atoms with Crippen LogP contribution in [-0.2, 0) is 6.42 Å². The Labute approximate surface area is 87.3 Å². The minimum absolute atomic E-state index is 0.0208. The van der Waals surface area contributed by atoms with Gasteiger partial charge in [-0.2, -0.15) is 0 Å². The monoisotopic (exact) mass is 217 g/mol. The van der Waals surface area contributed by atoms with E-state index in [-0.39, 0.29) is 5.56 Å². The van der Waals surface area contributed by atoms with Crippen molar-refractivity contribution in [1.82, 2.24) is 5.32 Å². The Morgan fingerprint density at radius 2 is 1.67 bits per heavy atom. The lowest BCUT2D eigenvalue weighted by atomic mass is 10.1. The fourth-order valence-corrected chi connectivity index (χ4v) is 1.41. The van der Waals surface area contributed by atoms with Crippen molar-refractivity contribution >= 4 is 0 Å². The quantitative estimate of drug-likeness (QED) is 0.748.